The maximum atomic E-state index is 13.1. The van der Waals surface area contributed by atoms with Crippen molar-refractivity contribution >= 4 is 33.2 Å². The molecular weight excluding hydrogens is 399 g/mol. The fraction of sp³-hybridized carbons (Fsp3) is 0.188. The summed E-state index contributed by atoms with van der Waals surface area (Å²) in [5.41, 5.74) is 0.112. The Kier molecular flexibility index (Phi) is 5.92. The molecule has 0 spiro atoms. The number of hydrogen-bond donors (Lipinski definition) is 1. The van der Waals surface area contributed by atoms with E-state index in [0.29, 0.717) is 10.2 Å². The number of hydrogen-bond acceptors (Lipinski definition) is 5. The van der Waals surface area contributed by atoms with Gasteiger partial charge in [-0.15, -0.1) is 0 Å². The number of anilines is 1. The van der Waals surface area contributed by atoms with Gasteiger partial charge >= 0.3 is 0 Å². The predicted octanol–water partition coefficient (Wildman–Crippen LogP) is 3.91. The van der Waals surface area contributed by atoms with Crippen molar-refractivity contribution in [2.45, 2.75) is 13.0 Å². The molecule has 0 aliphatic heterocycles. The third-order valence-electron chi connectivity index (χ3n) is 3.22. The molecule has 0 bridgehead atoms. The number of carbonyl (C=O) groups is 1. The van der Waals surface area contributed by atoms with Gasteiger partial charge in [-0.2, -0.15) is 0 Å². The monoisotopic (exact) mass is 412 g/mol. The average molecular weight is 413 g/mol. The van der Waals surface area contributed by atoms with E-state index in [1.54, 1.807) is 0 Å². The van der Waals surface area contributed by atoms with Gasteiger partial charge in [0.2, 0.25) is 0 Å². The van der Waals surface area contributed by atoms with Crippen LogP contribution in [0.4, 0.5) is 15.8 Å². The van der Waals surface area contributed by atoms with Crippen LogP contribution in [0.2, 0.25) is 0 Å². The number of halogens is 2. The number of nitrogens with zero attached hydrogens (tertiary/aromatic N) is 1. The van der Waals surface area contributed by atoms with Gasteiger partial charge in [0.15, 0.2) is 6.10 Å². The standard InChI is InChI=1S/C16H14BrFN2O5/c1-9(25-14-6-3-10(18)7-12(14)17)16(21)19-13-5-4-11(20(22)23)8-15(13)24-2/h3-9H,1-2H3,(H,19,21)/t9-/m1/s1. The van der Waals surface area contributed by atoms with Gasteiger partial charge in [0.05, 0.1) is 28.3 Å². The predicted molar refractivity (Wildman–Crippen MR) is 92.5 cm³/mol. The van der Waals surface area contributed by atoms with Crippen LogP contribution in [0.1, 0.15) is 6.92 Å². The van der Waals surface area contributed by atoms with Crippen LogP contribution in [-0.2, 0) is 4.79 Å². The van der Waals surface area contributed by atoms with E-state index < -0.39 is 22.8 Å². The lowest BCUT2D eigenvalue weighted by Gasteiger charge is -2.17. The van der Waals surface area contributed by atoms with E-state index >= 15 is 0 Å². The Morgan fingerprint density at radius 2 is 2.00 bits per heavy atom. The summed E-state index contributed by atoms with van der Waals surface area (Å²) in [5, 5.41) is 13.4. The second-order valence-electron chi connectivity index (χ2n) is 4.97. The largest absolute Gasteiger partial charge is 0.494 e. The minimum absolute atomic E-state index is 0.151. The van der Waals surface area contributed by atoms with E-state index in [1.165, 1.54) is 50.4 Å². The second-order valence-corrected chi connectivity index (χ2v) is 5.82. The van der Waals surface area contributed by atoms with E-state index in [0.717, 1.165) is 0 Å². The van der Waals surface area contributed by atoms with E-state index in [4.69, 9.17) is 9.47 Å². The quantitative estimate of drug-likeness (QED) is 0.573. The molecule has 7 nitrogen and oxygen atoms in total. The van der Waals surface area contributed by atoms with Gasteiger partial charge in [-0.1, -0.05) is 0 Å². The maximum absolute atomic E-state index is 13.1. The van der Waals surface area contributed by atoms with E-state index in [9.17, 15) is 19.3 Å². The highest BCUT2D eigenvalue weighted by Gasteiger charge is 2.19. The number of nitro benzene ring substituents is 1. The molecule has 0 saturated heterocycles. The zero-order valence-electron chi connectivity index (χ0n) is 13.3. The van der Waals surface area contributed by atoms with Gasteiger partial charge in [0, 0.05) is 6.07 Å². The fourth-order valence-corrected chi connectivity index (χ4v) is 2.39. The Hall–Kier alpha value is -2.68. The molecule has 2 aromatic carbocycles. The third-order valence-corrected chi connectivity index (χ3v) is 3.84. The van der Waals surface area contributed by atoms with Crippen molar-refractivity contribution in [3.05, 3.63) is 56.8 Å². The number of carbonyl (C=O) groups excluding carboxylic acids is 1. The number of ether oxygens (including phenoxy) is 2. The SMILES string of the molecule is COc1cc([N+](=O)[O-])ccc1NC(=O)[C@@H](C)Oc1ccc(F)cc1Br. The molecule has 0 aliphatic carbocycles. The molecule has 1 atom stereocenters. The zero-order valence-corrected chi connectivity index (χ0v) is 14.9. The molecule has 0 aromatic heterocycles. The number of nitrogens with one attached hydrogen (secondary N) is 1. The third kappa shape index (κ3) is 4.66. The van der Waals surface area contributed by atoms with Crippen LogP contribution >= 0.6 is 15.9 Å². The average Bonchev–Trinajstić information content (AvgIpc) is 2.57. The summed E-state index contributed by atoms with van der Waals surface area (Å²) < 4.78 is 24.0. The first-order valence-electron chi connectivity index (χ1n) is 7.07. The summed E-state index contributed by atoms with van der Waals surface area (Å²) in [7, 11) is 1.34. The number of rotatable bonds is 6. The van der Waals surface area contributed by atoms with Gasteiger partial charge in [-0.25, -0.2) is 4.39 Å². The fourth-order valence-electron chi connectivity index (χ4n) is 1.95. The molecule has 0 unspecified atom stereocenters. The van der Waals surface area contributed by atoms with Crippen molar-refractivity contribution in [3.8, 4) is 11.5 Å². The van der Waals surface area contributed by atoms with Crippen LogP contribution in [0.3, 0.4) is 0 Å². The van der Waals surface area contributed by atoms with Gasteiger partial charge < -0.3 is 14.8 Å². The van der Waals surface area contributed by atoms with Gasteiger partial charge in [0.1, 0.15) is 17.3 Å². The summed E-state index contributed by atoms with van der Waals surface area (Å²) in [4.78, 5) is 22.5. The molecule has 25 heavy (non-hydrogen) atoms. The molecule has 0 heterocycles. The molecule has 0 aliphatic rings. The lowest BCUT2D eigenvalue weighted by Crippen LogP contribution is -2.30. The summed E-state index contributed by atoms with van der Waals surface area (Å²) in [6.07, 6.45) is -0.901. The zero-order chi connectivity index (χ0) is 18.6. The highest BCUT2D eigenvalue weighted by molar-refractivity contribution is 9.10. The molecule has 0 saturated carbocycles. The summed E-state index contributed by atoms with van der Waals surface area (Å²) >= 11 is 3.16. The van der Waals surface area contributed by atoms with Crippen molar-refractivity contribution in [1.29, 1.82) is 0 Å². The molecule has 0 radical (unpaired) electrons. The number of nitro groups is 1. The molecule has 9 heteroatoms. The van der Waals surface area contributed by atoms with E-state index in [1.807, 2.05) is 0 Å². The number of non-ortho nitro benzene ring substituents is 1. The van der Waals surface area contributed by atoms with Crippen molar-refractivity contribution in [2.75, 3.05) is 12.4 Å². The molecular formula is C16H14BrFN2O5. The molecule has 132 valence electrons. The van der Waals surface area contributed by atoms with Gasteiger partial charge in [-0.3, -0.25) is 14.9 Å². The highest BCUT2D eigenvalue weighted by atomic mass is 79.9. The smallest absolute Gasteiger partial charge is 0.273 e. The van der Waals surface area contributed by atoms with Gasteiger partial charge in [-0.05, 0) is 47.1 Å². The minimum atomic E-state index is -0.901. The van der Waals surface area contributed by atoms with E-state index in [-0.39, 0.29) is 17.1 Å². The van der Waals surface area contributed by atoms with Crippen LogP contribution in [0.5, 0.6) is 11.5 Å². The van der Waals surface area contributed by atoms with Crippen LogP contribution in [0, 0.1) is 15.9 Å². The number of methoxy groups -OCH3 is 1. The van der Waals surface area contributed by atoms with Crippen LogP contribution < -0.4 is 14.8 Å². The first kappa shape index (κ1) is 18.7. The number of amides is 1. The lowest BCUT2D eigenvalue weighted by atomic mass is 10.2. The minimum Gasteiger partial charge on any atom is -0.494 e. The molecule has 1 amide bonds. The molecule has 0 fully saturated rings. The first-order valence-corrected chi connectivity index (χ1v) is 7.86. The molecule has 2 rings (SSSR count). The number of benzene rings is 2. The maximum Gasteiger partial charge on any atom is 0.273 e. The highest BCUT2D eigenvalue weighted by Crippen LogP contribution is 2.30. The van der Waals surface area contributed by atoms with Crippen LogP contribution in [0.15, 0.2) is 40.9 Å². The molecule has 1 N–H and O–H groups in total. The summed E-state index contributed by atoms with van der Waals surface area (Å²) in [6.45, 7) is 1.52. The second kappa shape index (κ2) is 7.93. The van der Waals surface area contributed by atoms with Gasteiger partial charge in [0.25, 0.3) is 11.6 Å². The Morgan fingerprint density at radius 3 is 2.60 bits per heavy atom. The topological polar surface area (TPSA) is 90.7 Å². The Bertz CT molecular complexity index is 815. The Labute approximate surface area is 151 Å². The summed E-state index contributed by atoms with van der Waals surface area (Å²) in [6, 6.07) is 7.66. The first-order chi connectivity index (χ1) is 11.8. The lowest BCUT2D eigenvalue weighted by molar-refractivity contribution is -0.384. The summed E-state index contributed by atoms with van der Waals surface area (Å²) in [5.74, 6) is -0.479. The Balaban J connectivity index is 2.11. The van der Waals surface area contributed by atoms with Crippen molar-refractivity contribution in [1.82, 2.24) is 0 Å². The van der Waals surface area contributed by atoms with E-state index in [2.05, 4.69) is 21.2 Å². The van der Waals surface area contributed by atoms with Crippen molar-refractivity contribution in [3.63, 3.8) is 0 Å². The van der Waals surface area contributed by atoms with Crippen molar-refractivity contribution < 1.29 is 23.6 Å². The normalized spacial score (nSPS) is 11.5. The Morgan fingerprint density at radius 1 is 1.28 bits per heavy atom. The van der Waals surface area contributed by atoms with Crippen molar-refractivity contribution in [2.24, 2.45) is 0 Å². The van der Waals surface area contributed by atoms with Crippen LogP contribution in [-0.4, -0.2) is 24.0 Å². The molecule has 2 aromatic rings. The van der Waals surface area contributed by atoms with Crippen LogP contribution in [0.25, 0.3) is 0 Å².